The smallest absolute Gasteiger partial charge is 0.316 e. The van der Waals surface area contributed by atoms with Crippen molar-refractivity contribution < 1.29 is 14.3 Å². The molecule has 0 bridgehead atoms. The van der Waals surface area contributed by atoms with Crippen molar-refractivity contribution >= 4 is 17.3 Å². The fraction of sp³-hybridized carbons (Fsp3) is 0.600. The molecule has 0 N–H and O–H groups in total. The molecule has 0 aliphatic carbocycles. The summed E-state index contributed by atoms with van der Waals surface area (Å²) in [6.07, 6.45) is 0.623. The van der Waals surface area contributed by atoms with Crippen LogP contribution < -0.4 is 0 Å². The van der Waals surface area contributed by atoms with Crippen molar-refractivity contribution in [1.29, 1.82) is 0 Å². The third-order valence-electron chi connectivity index (χ3n) is 2.53. The number of aromatic nitrogens is 1. The second-order valence-electron chi connectivity index (χ2n) is 3.82. The Morgan fingerprint density at radius 3 is 2.87 bits per heavy atom. The van der Waals surface area contributed by atoms with Crippen LogP contribution in [-0.2, 0) is 20.7 Å². The maximum atomic E-state index is 11.6. The minimum absolute atomic E-state index is 0.193. The first-order chi connectivity index (χ1) is 7.16. The summed E-state index contributed by atoms with van der Waals surface area (Å²) >= 11 is 1.58. The first-order valence-corrected chi connectivity index (χ1v) is 5.61. The number of ether oxygens (including phenoxy) is 2. The number of carbonyl (C=O) groups excluding carboxylic acids is 1. The molecule has 1 aliphatic rings. The van der Waals surface area contributed by atoms with Crippen LogP contribution in [0.3, 0.4) is 0 Å². The number of esters is 1. The highest BCUT2D eigenvalue weighted by Gasteiger charge is 2.47. The second-order valence-corrected chi connectivity index (χ2v) is 4.77. The van der Waals surface area contributed by atoms with E-state index in [2.05, 4.69) is 4.98 Å². The molecule has 1 saturated heterocycles. The highest BCUT2D eigenvalue weighted by atomic mass is 32.1. The Morgan fingerprint density at radius 1 is 1.73 bits per heavy atom. The number of methoxy groups -OCH3 is 1. The zero-order valence-corrected chi connectivity index (χ0v) is 9.60. The van der Waals surface area contributed by atoms with Gasteiger partial charge in [-0.3, -0.25) is 4.79 Å². The van der Waals surface area contributed by atoms with Gasteiger partial charge in [0.25, 0.3) is 0 Å². The number of thiazole rings is 1. The largest absolute Gasteiger partial charge is 0.468 e. The summed E-state index contributed by atoms with van der Waals surface area (Å²) in [5.74, 6) is -0.193. The van der Waals surface area contributed by atoms with E-state index in [1.54, 1.807) is 11.3 Å². The molecule has 0 radical (unpaired) electrons. The number of aryl methyl sites for hydroxylation is 1. The van der Waals surface area contributed by atoms with Gasteiger partial charge in [-0.05, 0) is 6.92 Å². The lowest BCUT2D eigenvalue weighted by atomic mass is 9.83. The molecule has 0 spiro atoms. The third kappa shape index (κ3) is 1.89. The van der Waals surface area contributed by atoms with E-state index < -0.39 is 5.41 Å². The SMILES string of the molecule is COC(=O)C1(Cc2nc(C)cs2)COC1. The fourth-order valence-corrected chi connectivity index (χ4v) is 2.55. The van der Waals surface area contributed by atoms with Crippen molar-refractivity contribution in [3.63, 3.8) is 0 Å². The number of hydrogen-bond donors (Lipinski definition) is 0. The predicted octanol–water partition coefficient (Wildman–Crippen LogP) is 1.18. The molecule has 0 saturated carbocycles. The summed E-state index contributed by atoms with van der Waals surface area (Å²) in [4.78, 5) is 16.0. The number of carbonyl (C=O) groups is 1. The summed E-state index contributed by atoms with van der Waals surface area (Å²) in [6.45, 7) is 2.83. The molecule has 0 aromatic carbocycles. The molecule has 5 heteroatoms. The van der Waals surface area contributed by atoms with Crippen molar-refractivity contribution in [3.8, 4) is 0 Å². The molecule has 1 aromatic heterocycles. The van der Waals surface area contributed by atoms with E-state index in [-0.39, 0.29) is 5.97 Å². The van der Waals surface area contributed by atoms with Crippen molar-refractivity contribution in [2.24, 2.45) is 5.41 Å². The van der Waals surface area contributed by atoms with Gasteiger partial charge in [0.15, 0.2) is 0 Å². The van der Waals surface area contributed by atoms with Crippen LogP contribution in [0.2, 0.25) is 0 Å². The summed E-state index contributed by atoms with van der Waals surface area (Å²) < 4.78 is 9.91. The summed E-state index contributed by atoms with van der Waals surface area (Å²) in [6, 6.07) is 0. The van der Waals surface area contributed by atoms with Crippen LogP contribution in [0.25, 0.3) is 0 Å². The van der Waals surface area contributed by atoms with Gasteiger partial charge in [0, 0.05) is 17.5 Å². The van der Waals surface area contributed by atoms with Gasteiger partial charge in [-0.25, -0.2) is 4.98 Å². The normalized spacial score (nSPS) is 18.3. The predicted molar refractivity (Wildman–Crippen MR) is 55.8 cm³/mol. The average molecular weight is 227 g/mol. The van der Waals surface area contributed by atoms with Crippen LogP contribution in [0.5, 0.6) is 0 Å². The van der Waals surface area contributed by atoms with Crippen LogP contribution >= 0.6 is 11.3 Å². The van der Waals surface area contributed by atoms with Gasteiger partial charge in [0.05, 0.1) is 25.3 Å². The van der Waals surface area contributed by atoms with Gasteiger partial charge in [-0.1, -0.05) is 0 Å². The monoisotopic (exact) mass is 227 g/mol. The zero-order chi connectivity index (χ0) is 10.9. The first kappa shape index (κ1) is 10.6. The molecule has 0 unspecified atom stereocenters. The van der Waals surface area contributed by atoms with Crippen LogP contribution in [0.4, 0.5) is 0 Å². The molecule has 4 nitrogen and oxygen atoms in total. The molecule has 2 rings (SSSR count). The molecule has 1 aliphatic heterocycles. The maximum absolute atomic E-state index is 11.6. The maximum Gasteiger partial charge on any atom is 0.316 e. The first-order valence-electron chi connectivity index (χ1n) is 4.73. The van der Waals surface area contributed by atoms with Crippen molar-refractivity contribution in [2.75, 3.05) is 20.3 Å². The number of nitrogens with zero attached hydrogens (tertiary/aromatic N) is 1. The summed E-state index contributed by atoms with van der Waals surface area (Å²) in [5, 5.41) is 2.96. The van der Waals surface area contributed by atoms with Crippen LogP contribution in [0, 0.1) is 12.3 Å². The van der Waals surface area contributed by atoms with Crippen molar-refractivity contribution in [2.45, 2.75) is 13.3 Å². The minimum atomic E-state index is -0.487. The van der Waals surface area contributed by atoms with Crippen LogP contribution in [0.1, 0.15) is 10.7 Å². The fourth-order valence-electron chi connectivity index (χ4n) is 1.63. The minimum Gasteiger partial charge on any atom is -0.468 e. The van der Waals surface area contributed by atoms with E-state index in [9.17, 15) is 4.79 Å². The Morgan fingerprint density at radius 2 is 2.47 bits per heavy atom. The molecule has 2 heterocycles. The Kier molecular flexibility index (Phi) is 2.75. The van der Waals surface area contributed by atoms with Gasteiger partial charge in [-0.2, -0.15) is 0 Å². The topological polar surface area (TPSA) is 48.4 Å². The van der Waals surface area contributed by atoms with E-state index in [0.29, 0.717) is 19.6 Å². The van der Waals surface area contributed by atoms with Crippen LogP contribution in [-0.4, -0.2) is 31.3 Å². The number of hydrogen-bond acceptors (Lipinski definition) is 5. The molecule has 0 amide bonds. The van der Waals surface area contributed by atoms with Crippen molar-refractivity contribution in [1.82, 2.24) is 4.98 Å². The lowest BCUT2D eigenvalue weighted by Gasteiger charge is -2.37. The number of rotatable bonds is 3. The van der Waals surface area contributed by atoms with E-state index >= 15 is 0 Å². The Bertz CT molecular complexity index is 370. The molecular weight excluding hydrogens is 214 g/mol. The zero-order valence-electron chi connectivity index (χ0n) is 8.78. The van der Waals surface area contributed by atoms with Gasteiger partial charge in [0.2, 0.25) is 0 Å². The lowest BCUT2D eigenvalue weighted by Crippen LogP contribution is -2.51. The Hall–Kier alpha value is -0.940. The van der Waals surface area contributed by atoms with Gasteiger partial charge in [-0.15, -0.1) is 11.3 Å². The standard InChI is InChI=1S/C10H13NO3S/c1-7-4-15-8(11-7)3-10(5-14-6-10)9(12)13-2/h4H,3,5-6H2,1-2H3. The van der Waals surface area contributed by atoms with Gasteiger partial charge < -0.3 is 9.47 Å². The second kappa shape index (κ2) is 3.90. The highest BCUT2D eigenvalue weighted by molar-refractivity contribution is 7.09. The lowest BCUT2D eigenvalue weighted by molar-refractivity contribution is -0.182. The van der Waals surface area contributed by atoms with Crippen LogP contribution in [0.15, 0.2) is 5.38 Å². The molecule has 1 fully saturated rings. The van der Waals surface area contributed by atoms with Crippen molar-refractivity contribution in [3.05, 3.63) is 16.1 Å². The van der Waals surface area contributed by atoms with E-state index in [1.165, 1.54) is 7.11 Å². The summed E-state index contributed by atoms with van der Waals surface area (Å²) in [7, 11) is 1.41. The molecule has 82 valence electrons. The molecule has 0 atom stereocenters. The summed E-state index contributed by atoms with van der Waals surface area (Å²) in [5.41, 5.74) is 0.509. The van der Waals surface area contributed by atoms with E-state index in [1.807, 2.05) is 12.3 Å². The average Bonchev–Trinajstić information content (AvgIpc) is 2.56. The van der Waals surface area contributed by atoms with E-state index in [4.69, 9.17) is 9.47 Å². The Labute approximate surface area is 92.2 Å². The third-order valence-corrected chi connectivity index (χ3v) is 3.50. The van der Waals surface area contributed by atoms with Gasteiger partial charge >= 0.3 is 5.97 Å². The Balaban J connectivity index is 2.11. The van der Waals surface area contributed by atoms with Gasteiger partial charge in [0.1, 0.15) is 5.41 Å². The quantitative estimate of drug-likeness (QED) is 0.728. The molecule has 1 aromatic rings. The highest BCUT2D eigenvalue weighted by Crippen LogP contribution is 2.33. The molecular formula is C10H13NO3S. The molecule has 15 heavy (non-hydrogen) atoms. The van der Waals surface area contributed by atoms with E-state index in [0.717, 1.165) is 10.7 Å².